The number of carbonyl (C=O) groups is 1. The van der Waals surface area contributed by atoms with E-state index in [1.165, 1.54) is 43.0 Å². The van der Waals surface area contributed by atoms with E-state index in [-0.39, 0.29) is 5.91 Å². The van der Waals surface area contributed by atoms with Gasteiger partial charge in [0.2, 0.25) is 5.91 Å². The second-order valence-electron chi connectivity index (χ2n) is 4.62. The van der Waals surface area contributed by atoms with Gasteiger partial charge in [-0.15, -0.1) is 11.3 Å². The standard InChI is InChI=1S/C16H23NOS/c1-3-4-5-6-9-15-11-13-19-16(15)10-7-8-12-17-14(2)18/h11,13H,3-6,8-9,12H2,1-2H3,(H,17,18). The van der Waals surface area contributed by atoms with Crippen LogP contribution in [-0.2, 0) is 11.2 Å². The number of unbranched alkanes of at least 4 members (excludes halogenated alkanes) is 3. The topological polar surface area (TPSA) is 29.1 Å². The van der Waals surface area contributed by atoms with Crippen LogP contribution in [0.15, 0.2) is 11.4 Å². The van der Waals surface area contributed by atoms with Crippen LogP contribution >= 0.6 is 11.3 Å². The van der Waals surface area contributed by atoms with Gasteiger partial charge in [-0.3, -0.25) is 4.79 Å². The number of amides is 1. The summed E-state index contributed by atoms with van der Waals surface area (Å²) >= 11 is 1.72. The Balaban J connectivity index is 2.35. The van der Waals surface area contributed by atoms with Gasteiger partial charge in [0.05, 0.1) is 4.88 Å². The molecule has 1 rings (SSSR count). The van der Waals surface area contributed by atoms with Gasteiger partial charge in [-0.1, -0.05) is 38.0 Å². The third-order valence-corrected chi connectivity index (χ3v) is 3.74. The average molecular weight is 277 g/mol. The van der Waals surface area contributed by atoms with E-state index in [0.717, 1.165) is 6.42 Å². The minimum absolute atomic E-state index is 0.00883. The van der Waals surface area contributed by atoms with Crippen molar-refractivity contribution in [2.75, 3.05) is 6.54 Å². The molecule has 0 aliphatic rings. The SMILES string of the molecule is CCCCCCc1ccsc1C#CCCNC(C)=O. The van der Waals surface area contributed by atoms with Gasteiger partial charge in [0.25, 0.3) is 0 Å². The Hall–Kier alpha value is -1.27. The summed E-state index contributed by atoms with van der Waals surface area (Å²) in [7, 11) is 0. The lowest BCUT2D eigenvalue weighted by molar-refractivity contribution is -0.118. The zero-order valence-electron chi connectivity index (χ0n) is 11.9. The third kappa shape index (κ3) is 7.03. The molecule has 0 fully saturated rings. The molecule has 0 bridgehead atoms. The summed E-state index contributed by atoms with van der Waals surface area (Å²) in [5.74, 6) is 6.36. The lowest BCUT2D eigenvalue weighted by Gasteiger charge is -1.99. The summed E-state index contributed by atoms with van der Waals surface area (Å²) in [6, 6.07) is 2.19. The van der Waals surface area contributed by atoms with Crippen molar-refractivity contribution in [2.45, 2.75) is 52.4 Å². The molecule has 0 aliphatic heterocycles. The first-order chi connectivity index (χ1) is 9.24. The zero-order valence-corrected chi connectivity index (χ0v) is 12.7. The Morgan fingerprint density at radius 2 is 2.21 bits per heavy atom. The molecule has 0 radical (unpaired) electrons. The lowest BCUT2D eigenvalue weighted by Crippen LogP contribution is -2.20. The molecule has 0 saturated carbocycles. The van der Waals surface area contributed by atoms with Crippen molar-refractivity contribution < 1.29 is 4.79 Å². The van der Waals surface area contributed by atoms with E-state index in [4.69, 9.17) is 0 Å². The number of carbonyl (C=O) groups excluding carboxylic acids is 1. The Kier molecular flexibility index (Phi) is 8.00. The fourth-order valence-corrected chi connectivity index (χ4v) is 2.65. The van der Waals surface area contributed by atoms with Crippen molar-refractivity contribution in [3.8, 4) is 11.8 Å². The molecule has 0 spiro atoms. The normalized spacial score (nSPS) is 9.79. The Bertz CT molecular complexity index is 439. The van der Waals surface area contributed by atoms with Crippen LogP contribution in [0, 0.1) is 11.8 Å². The van der Waals surface area contributed by atoms with Gasteiger partial charge in [0.15, 0.2) is 0 Å². The summed E-state index contributed by atoms with van der Waals surface area (Å²) in [6.45, 7) is 4.40. The maximum absolute atomic E-state index is 10.7. The molecule has 1 heterocycles. The highest BCUT2D eigenvalue weighted by Gasteiger charge is 2.01. The van der Waals surface area contributed by atoms with Gasteiger partial charge in [-0.25, -0.2) is 0 Å². The average Bonchev–Trinajstić information content (AvgIpc) is 2.81. The molecule has 0 unspecified atom stereocenters. The van der Waals surface area contributed by atoms with Crippen LogP contribution in [0.4, 0.5) is 0 Å². The number of thiophene rings is 1. The first kappa shape index (κ1) is 15.8. The molecule has 0 atom stereocenters. The fourth-order valence-electron chi connectivity index (χ4n) is 1.83. The highest BCUT2D eigenvalue weighted by molar-refractivity contribution is 7.10. The molecule has 1 aromatic rings. The van der Waals surface area contributed by atoms with Crippen molar-refractivity contribution in [2.24, 2.45) is 0 Å². The number of rotatable bonds is 7. The molecule has 1 aromatic heterocycles. The summed E-state index contributed by atoms with van der Waals surface area (Å²) in [5, 5.41) is 4.87. The van der Waals surface area contributed by atoms with E-state index in [9.17, 15) is 4.79 Å². The van der Waals surface area contributed by atoms with Crippen LogP contribution in [0.2, 0.25) is 0 Å². The van der Waals surface area contributed by atoms with E-state index in [1.54, 1.807) is 11.3 Å². The van der Waals surface area contributed by atoms with Crippen molar-refractivity contribution >= 4 is 17.2 Å². The monoisotopic (exact) mass is 277 g/mol. The molecule has 3 heteroatoms. The van der Waals surface area contributed by atoms with Crippen LogP contribution in [0.5, 0.6) is 0 Å². The van der Waals surface area contributed by atoms with E-state index in [1.807, 2.05) is 0 Å². The van der Waals surface area contributed by atoms with Gasteiger partial charge in [0.1, 0.15) is 0 Å². The van der Waals surface area contributed by atoms with E-state index < -0.39 is 0 Å². The summed E-state index contributed by atoms with van der Waals surface area (Å²) in [6.07, 6.45) is 7.01. The van der Waals surface area contributed by atoms with Gasteiger partial charge in [0, 0.05) is 19.9 Å². The summed E-state index contributed by atoms with van der Waals surface area (Å²) in [5.41, 5.74) is 1.38. The fraction of sp³-hybridized carbons (Fsp3) is 0.562. The highest BCUT2D eigenvalue weighted by atomic mass is 32.1. The number of aryl methyl sites for hydroxylation is 1. The predicted octanol–water partition coefficient (Wildman–Crippen LogP) is 3.75. The second-order valence-corrected chi connectivity index (χ2v) is 5.54. The smallest absolute Gasteiger partial charge is 0.216 e. The first-order valence-electron chi connectivity index (χ1n) is 7.03. The van der Waals surface area contributed by atoms with Crippen molar-refractivity contribution in [3.63, 3.8) is 0 Å². The molecule has 0 aliphatic carbocycles. The second kappa shape index (κ2) is 9.63. The molecule has 0 aromatic carbocycles. The van der Waals surface area contributed by atoms with Crippen molar-refractivity contribution in [1.82, 2.24) is 5.32 Å². The molecule has 0 saturated heterocycles. The van der Waals surface area contributed by atoms with E-state index in [2.05, 4.69) is 35.5 Å². The lowest BCUT2D eigenvalue weighted by atomic mass is 10.1. The van der Waals surface area contributed by atoms with Crippen molar-refractivity contribution in [3.05, 3.63) is 21.9 Å². The molecular formula is C16H23NOS. The maximum Gasteiger partial charge on any atom is 0.216 e. The largest absolute Gasteiger partial charge is 0.355 e. The Labute approximate surface area is 120 Å². The van der Waals surface area contributed by atoms with E-state index >= 15 is 0 Å². The Morgan fingerprint density at radius 1 is 1.37 bits per heavy atom. The van der Waals surface area contributed by atoms with Crippen molar-refractivity contribution in [1.29, 1.82) is 0 Å². The van der Waals surface area contributed by atoms with Gasteiger partial charge < -0.3 is 5.32 Å². The predicted molar refractivity (Wildman–Crippen MR) is 82.3 cm³/mol. The molecule has 1 amide bonds. The summed E-state index contributed by atoms with van der Waals surface area (Å²) in [4.78, 5) is 11.9. The third-order valence-electron chi connectivity index (χ3n) is 2.87. The maximum atomic E-state index is 10.7. The first-order valence-corrected chi connectivity index (χ1v) is 7.91. The van der Waals surface area contributed by atoms with Crippen LogP contribution in [0.3, 0.4) is 0 Å². The number of hydrogen-bond donors (Lipinski definition) is 1. The van der Waals surface area contributed by atoms with Crippen LogP contribution in [-0.4, -0.2) is 12.5 Å². The molecule has 1 N–H and O–H groups in total. The quantitative estimate of drug-likeness (QED) is 0.597. The van der Waals surface area contributed by atoms with Gasteiger partial charge in [-0.05, 0) is 29.9 Å². The minimum atomic E-state index is 0.00883. The molecule has 19 heavy (non-hydrogen) atoms. The van der Waals surface area contributed by atoms with Crippen LogP contribution in [0.25, 0.3) is 0 Å². The molecule has 2 nitrogen and oxygen atoms in total. The number of nitrogens with one attached hydrogen (secondary N) is 1. The van der Waals surface area contributed by atoms with Crippen LogP contribution in [0.1, 0.15) is 56.4 Å². The van der Waals surface area contributed by atoms with Gasteiger partial charge >= 0.3 is 0 Å². The van der Waals surface area contributed by atoms with Crippen LogP contribution < -0.4 is 5.32 Å². The highest BCUT2D eigenvalue weighted by Crippen LogP contribution is 2.18. The zero-order chi connectivity index (χ0) is 13.9. The van der Waals surface area contributed by atoms with E-state index in [0.29, 0.717) is 13.0 Å². The summed E-state index contributed by atoms with van der Waals surface area (Å²) < 4.78 is 0. The minimum Gasteiger partial charge on any atom is -0.355 e. The molecular weight excluding hydrogens is 254 g/mol. The van der Waals surface area contributed by atoms with Gasteiger partial charge in [-0.2, -0.15) is 0 Å². The Morgan fingerprint density at radius 3 is 2.95 bits per heavy atom. The molecule has 104 valence electrons. The number of hydrogen-bond acceptors (Lipinski definition) is 2.